The van der Waals surface area contributed by atoms with E-state index in [1.54, 1.807) is 67.5 Å². The number of methoxy groups -OCH3 is 1. The molecule has 8 heteroatoms. The van der Waals surface area contributed by atoms with Gasteiger partial charge in [0.1, 0.15) is 17.8 Å². The average Bonchev–Trinajstić information content (AvgIpc) is 3.41. The Morgan fingerprint density at radius 1 is 1.06 bits per heavy atom. The van der Waals surface area contributed by atoms with Crippen LogP contribution in [0.1, 0.15) is 17.4 Å². The van der Waals surface area contributed by atoms with Crippen LogP contribution >= 0.6 is 11.3 Å². The Hall–Kier alpha value is -3.65. The molecule has 32 heavy (non-hydrogen) atoms. The number of hydrogen-bond donors (Lipinski definition) is 1. The highest BCUT2D eigenvalue weighted by molar-refractivity contribution is 7.09. The van der Waals surface area contributed by atoms with Crippen LogP contribution in [0.4, 0.5) is 10.5 Å². The van der Waals surface area contributed by atoms with Crippen LogP contribution in [0, 0.1) is 0 Å². The molecule has 0 bridgehead atoms. The molecule has 4 amide bonds. The van der Waals surface area contributed by atoms with Crippen LogP contribution in [0.25, 0.3) is 0 Å². The molecule has 0 aliphatic carbocycles. The summed E-state index contributed by atoms with van der Waals surface area (Å²) in [5.74, 6) is -0.137. The van der Waals surface area contributed by atoms with E-state index in [2.05, 4.69) is 5.32 Å². The van der Waals surface area contributed by atoms with Crippen molar-refractivity contribution in [3.63, 3.8) is 0 Å². The number of carbonyl (C=O) groups excluding carboxylic acids is 3. The lowest BCUT2D eigenvalue weighted by Crippen LogP contribution is -2.44. The molecule has 1 aliphatic heterocycles. The van der Waals surface area contributed by atoms with Crippen molar-refractivity contribution in [2.45, 2.75) is 19.0 Å². The van der Waals surface area contributed by atoms with Crippen molar-refractivity contribution in [2.24, 2.45) is 0 Å². The Bertz CT molecular complexity index is 1120. The maximum atomic E-state index is 13.3. The normalized spacial score (nSPS) is 17.9. The van der Waals surface area contributed by atoms with Crippen LogP contribution in [0.15, 0.2) is 72.1 Å². The van der Waals surface area contributed by atoms with E-state index >= 15 is 0 Å². The first kappa shape index (κ1) is 21.6. The highest BCUT2D eigenvalue weighted by Crippen LogP contribution is 2.29. The van der Waals surface area contributed by atoms with Crippen molar-refractivity contribution in [3.05, 3.63) is 82.6 Å². The van der Waals surface area contributed by atoms with Crippen LogP contribution < -0.4 is 15.0 Å². The van der Waals surface area contributed by atoms with E-state index in [-0.39, 0.29) is 12.5 Å². The van der Waals surface area contributed by atoms with E-state index in [9.17, 15) is 14.4 Å². The van der Waals surface area contributed by atoms with Gasteiger partial charge in [-0.1, -0.05) is 36.4 Å². The van der Waals surface area contributed by atoms with Crippen LogP contribution in [-0.2, 0) is 21.7 Å². The van der Waals surface area contributed by atoms with E-state index in [1.807, 2.05) is 23.6 Å². The second-order valence-corrected chi connectivity index (χ2v) is 8.60. The molecular weight excluding hydrogens is 426 g/mol. The number of nitrogens with zero attached hydrogens (tertiary/aromatic N) is 2. The number of imide groups is 1. The summed E-state index contributed by atoms with van der Waals surface area (Å²) in [5.41, 5.74) is 0.109. The molecule has 0 saturated carbocycles. The molecule has 1 N–H and O–H groups in total. The zero-order valence-electron chi connectivity index (χ0n) is 17.8. The summed E-state index contributed by atoms with van der Waals surface area (Å²) < 4.78 is 5.21. The Morgan fingerprint density at radius 3 is 2.41 bits per heavy atom. The summed E-state index contributed by atoms with van der Waals surface area (Å²) in [4.78, 5) is 42.8. The lowest BCUT2D eigenvalue weighted by atomic mass is 9.92. The van der Waals surface area contributed by atoms with Gasteiger partial charge in [-0.15, -0.1) is 11.3 Å². The van der Waals surface area contributed by atoms with Crippen LogP contribution in [0.2, 0.25) is 0 Å². The zero-order valence-corrected chi connectivity index (χ0v) is 18.6. The maximum absolute atomic E-state index is 13.3. The number of carbonyl (C=O) groups is 3. The summed E-state index contributed by atoms with van der Waals surface area (Å²) >= 11 is 1.53. The number of urea groups is 1. The minimum atomic E-state index is -1.21. The Labute approximate surface area is 190 Å². The number of rotatable bonds is 7. The molecule has 7 nitrogen and oxygen atoms in total. The maximum Gasteiger partial charge on any atom is 0.325 e. The number of amides is 4. The van der Waals surface area contributed by atoms with E-state index < -0.39 is 17.5 Å². The molecule has 4 rings (SSSR count). The molecule has 1 saturated heterocycles. The van der Waals surface area contributed by atoms with E-state index in [1.165, 1.54) is 11.3 Å². The minimum Gasteiger partial charge on any atom is -0.497 e. The number of anilines is 1. The highest BCUT2D eigenvalue weighted by Gasteiger charge is 2.49. The van der Waals surface area contributed by atoms with Gasteiger partial charge in [0.05, 0.1) is 13.7 Å². The number of benzene rings is 2. The topological polar surface area (TPSA) is 79.0 Å². The van der Waals surface area contributed by atoms with Crippen molar-refractivity contribution >= 4 is 34.9 Å². The minimum absolute atomic E-state index is 0.336. The summed E-state index contributed by atoms with van der Waals surface area (Å²) in [5, 5.41) is 4.68. The lowest BCUT2D eigenvalue weighted by Gasteiger charge is -2.25. The monoisotopic (exact) mass is 449 g/mol. The molecule has 0 spiro atoms. The van der Waals surface area contributed by atoms with Gasteiger partial charge in [0.25, 0.3) is 5.91 Å². The molecule has 1 fully saturated rings. The molecule has 3 aromatic rings. The largest absolute Gasteiger partial charge is 0.497 e. The molecule has 1 atom stereocenters. The Kier molecular flexibility index (Phi) is 5.96. The van der Waals surface area contributed by atoms with Gasteiger partial charge in [0, 0.05) is 10.6 Å². The summed E-state index contributed by atoms with van der Waals surface area (Å²) in [6, 6.07) is 19.4. The highest BCUT2D eigenvalue weighted by atomic mass is 32.1. The molecule has 164 valence electrons. The van der Waals surface area contributed by atoms with Crippen molar-refractivity contribution in [1.29, 1.82) is 0 Å². The standard InChI is InChI=1S/C24H23N3O4S/c1-24(17-7-4-3-5-8-17)22(29)27(23(30)25-24)16-21(28)26(15-20-9-6-14-32-20)18-10-12-19(31-2)13-11-18/h3-14H,15-16H2,1-2H3,(H,25,30)/t24-/m1/s1. The van der Waals surface area contributed by atoms with Gasteiger partial charge < -0.3 is 15.0 Å². The zero-order chi connectivity index (χ0) is 22.7. The SMILES string of the molecule is COc1ccc(N(Cc2cccs2)C(=O)CN2C(=O)N[C@](C)(c3ccccc3)C2=O)cc1. The fraction of sp³-hybridized carbons (Fsp3) is 0.208. The number of hydrogen-bond acceptors (Lipinski definition) is 5. The van der Waals surface area contributed by atoms with E-state index in [0.717, 1.165) is 9.78 Å². The number of thiophene rings is 1. The van der Waals surface area contributed by atoms with Gasteiger partial charge in [-0.05, 0) is 48.2 Å². The van der Waals surface area contributed by atoms with Gasteiger partial charge in [-0.25, -0.2) is 4.79 Å². The van der Waals surface area contributed by atoms with E-state index in [4.69, 9.17) is 4.74 Å². The number of ether oxygens (including phenoxy) is 1. The molecule has 0 unspecified atom stereocenters. The van der Waals surface area contributed by atoms with Crippen LogP contribution in [0.3, 0.4) is 0 Å². The van der Waals surface area contributed by atoms with Gasteiger partial charge in [-0.3, -0.25) is 14.5 Å². The first-order valence-electron chi connectivity index (χ1n) is 10.1. The quantitative estimate of drug-likeness (QED) is 0.557. The fourth-order valence-electron chi connectivity index (χ4n) is 3.67. The van der Waals surface area contributed by atoms with Crippen LogP contribution in [0.5, 0.6) is 5.75 Å². The van der Waals surface area contributed by atoms with Crippen molar-refractivity contribution < 1.29 is 19.1 Å². The van der Waals surface area contributed by atoms with Gasteiger partial charge in [0.2, 0.25) is 5.91 Å². The smallest absolute Gasteiger partial charge is 0.325 e. The van der Waals surface area contributed by atoms with Crippen molar-refractivity contribution in [3.8, 4) is 5.75 Å². The average molecular weight is 450 g/mol. The van der Waals surface area contributed by atoms with Gasteiger partial charge in [0.15, 0.2) is 0 Å². The molecule has 1 aliphatic rings. The van der Waals surface area contributed by atoms with Gasteiger partial charge >= 0.3 is 6.03 Å². The Balaban J connectivity index is 1.58. The van der Waals surface area contributed by atoms with E-state index in [0.29, 0.717) is 23.5 Å². The molecule has 2 aromatic carbocycles. The lowest BCUT2D eigenvalue weighted by molar-refractivity contribution is -0.134. The molecule has 2 heterocycles. The third-order valence-electron chi connectivity index (χ3n) is 5.50. The Morgan fingerprint density at radius 2 is 1.78 bits per heavy atom. The van der Waals surface area contributed by atoms with Crippen molar-refractivity contribution in [2.75, 3.05) is 18.6 Å². The van der Waals surface area contributed by atoms with Crippen molar-refractivity contribution in [1.82, 2.24) is 10.2 Å². The first-order chi connectivity index (χ1) is 15.4. The molecular formula is C24H23N3O4S. The second-order valence-electron chi connectivity index (χ2n) is 7.57. The summed E-state index contributed by atoms with van der Waals surface area (Å²) in [6.07, 6.45) is 0. The first-order valence-corrected chi connectivity index (χ1v) is 11.0. The second kappa shape index (κ2) is 8.84. The van der Waals surface area contributed by atoms with Crippen LogP contribution in [-0.4, -0.2) is 36.4 Å². The third kappa shape index (κ3) is 4.09. The fourth-order valence-corrected chi connectivity index (χ4v) is 4.37. The van der Waals surface area contributed by atoms with Gasteiger partial charge in [-0.2, -0.15) is 0 Å². The third-order valence-corrected chi connectivity index (χ3v) is 6.36. The summed E-state index contributed by atoms with van der Waals surface area (Å²) in [7, 11) is 1.57. The summed E-state index contributed by atoms with van der Waals surface area (Å²) in [6.45, 7) is 1.63. The molecule has 1 aromatic heterocycles. The number of nitrogens with one attached hydrogen (secondary N) is 1. The predicted octanol–water partition coefficient (Wildman–Crippen LogP) is 3.76. The molecule has 0 radical (unpaired) electrons. The predicted molar refractivity (Wildman–Crippen MR) is 123 cm³/mol.